The Hall–Kier alpha value is -6.74. The van der Waals surface area contributed by atoms with Crippen LogP contribution in [0.2, 0.25) is 0 Å². The number of hydrogen-bond donors (Lipinski definition) is 0. The number of hydrogen-bond acceptors (Lipinski definition) is 2. The molecule has 1 aromatic heterocycles. The zero-order chi connectivity index (χ0) is 38.5. The predicted octanol–water partition coefficient (Wildman–Crippen LogP) is 15.1. The minimum Gasteiger partial charge on any atom is -0.302 e. The minimum absolute atomic E-state index is 0.537. The van der Waals surface area contributed by atoms with E-state index >= 15 is 0 Å². The molecule has 2 heteroatoms. The lowest BCUT2D eigenvalue weighted by Gasteiger charge is -2.35. The van der Waals surface area contributed by atoms with Crippen LogP contribution in [-0.2, 0) is 18.3 Å². The molecule has 0 spiro atoms. The molecule has 0 atom stereocenters. The Morgan fingerprint density at radius 1 is 0.414 bits per heavy atom. The zero-order valence-corrected chi connectivity index (χ0v) is 33.0. The van der Waals surface area contributed by atoms with Gasteiger partial charge < -0.3 is 4.90 Å². The molecule has 1 nitrogen and oxygen atoms in total. The van der Waals surface area contributed by atoms with Crippen LogP contribution in [0.15, 0.2) is 212 Å². The molecule has 0 aliphatic heterocycles. The fraction of sp³-hybridized carbons (Fsp3) is 0.0714. The monoisotopic (exact) mass is 759 g/mol. The van der Waals surface area contributed by atoms with Crippen molar-refractivity contribution in [3.05, 3.63) is 246 Å². The summed E-state index contributed by atoms with van der Waals surface area (Å²) in [5.74, 6) is 0. The fourth-order valence-electron chi connectivity index (χ4n) is 9.81. The first-order chi connectivity index (χ1) is 28.8. The quantitative estimate of drug-likeness (QED) is 0.149. The van der Waals surface area contributed by atoms with Gasteiger partial charge in [-0.15, -0.1) is 11.3 Å². The van der Waals surface area contributed by atoms with E-state index in [2.05, 4.69) is 217 Å². The Balaban J connectivity index is 1.23. The highest BCUT2D eigenvalue weighted by Gasteiger charge is 2.47. The maximum Gasteiger partial charge on any atom is 0.101 e. The van der Waals surface area contributed by atoms with Gasteiger partial charge >= 0.3 is 0 Å². The molecule has 58 heavy (non-hydrogen) atoms. The highest BCUT2D eigenvalue weighted by atomic mass is 32.1. The van der Waals surface area contributed by atoms with Crippen LogP contribution < -0.4 is 4.90 Å². The maximum absolute atomic E-state index is 2.52. The van der Waals surface area contributed by atoms with E-state index in [4.69, 9.17) is 0 Å². The molecule has 2 aliphatic rings. The van der Waals surface area contributed by atoms with Crippen LogP contribution >= 0.6 is 11.3 Å². The molecule has 0 fully saturated rings. The summed E-state index contributed by atoms with van der Waals surface area (Å²) in [5.41, 5.74) is 18.9. The molecule has 1 heterocycles. The average Bonchev–Trinajstić information content (AvgIpc) is 4.06. The Morgan fingerprint density at radius 2 is 1.02 bits per heavy atom. The van der Waals surface area contributed by atoms with Crippen LogP contribution in [0.1, 0.15) is 39.8 Å². The topological polar surface area (TPSA) is 3.24 Å². The van der Waals surface area contributed by atoms with Crippen LogP contribution in [0.25, 0.3) is 43.8 Å². The molecule has 2 aliphatic carbocycles. The third-order valence-electron chi connectivity index (χ3n) is 12.3. The number of anilines is 3. The minimum atomic E-state index is -0.537. The Bertz CT molecular complexity index is 2850. The molecule has 0 unspecified atom stereocenters. The second-order valence-electron chi connectivity index (χ2n) is 15.5. The van der Waals surface area contributed by atoms with E-state index in [1.165, 1.54) is 88.6 Å². The third-order valence-corrected chi connectivity index (χ3v) is 13.5. The number of rotatable bonds is 8. The third kappa shape index (κ3) is 5.59. The molecular weight excluding hydrogens is 719 g/mol. The lowest BCUT2D eigenvalue weighted by atomic mass is 9.67. The number of thiophene rings is 1. The van der Waals surface area contributed by atoms with Gasteiger partial charge in [-0.25, -0.2) is 0 Å². The maximum atomic E-state index is 2.52. The van der Waals surface area contributed by atoms with Gasteiger partial charge in [0.1, 0.15) is 5.00 Å². The van der Waals surface area contributed by atoms with E-state index < -0.39 is 5.41 Å². The summed E-state index contributed by atoms with van der Waals surface area (Å²) in [6.45, 7) is 0. The van der Waals surface area contributed by atoms with E-state index in [-0.39, 0.29) is 0 Å². The summed E-state index contributed by atoms with van der Waals surface area (Å²) in [6.07, 6.45) is 3.43. The van der Waals surface area contributed by atoms with Crippen molar-refractivity contribution < 1.29 is 0 Å². The molecule has 0 N–H and O–H groups in total. The molecule has 0 bridgehead atoms. The number of aryl methyl sites for hydroxylation is 1. The van der Waals surface area contributed by atoms with Gasteiger partial charge in [0.2, 0.25) is 0 Å². The van der Waals surface area contributed by atoms with Gasteiger partial charge in [-0.3, -0.25) is 0 Å². The first kappa shape index (κ1) is 34.5. The normalized spacial score (nSPS) is 13.4. The highest BCUT2D eigenvalue weighted by molar-refractivity contribution is 7.19. The van der Waals surface area contributed by atoms with Crippen LogP contribution in [0, 0.1) is 0 Å². The van der Waals surface area contributed by atoms with Crippen LogP contribution in [0.3, 0.4) is 0 Å². The molecular formula is C56H41NS. The molecule has 276 valence electrons. The Labute approximate surface area is 345 Å². The van der Waals surface area contributed by atoms with Crippen molar-refractivity contribution in [2.45, 2.75) is 24.7 Å². The van der Waals surface area contributed by atoms with Crippen molar-refractivity contribution in [3.63, 3.8) is 0 Å². The first-order valence-electron chi connectivity index (χ1n) is 20.4. The van der Waals surface area contributed by atoms with Crippen LogP contribution in [0.4, 0.5) is 16.4 Å². The van der Waals surface area contributed by atoms with Crippen LogP contribution in [0.5, 0.6) is 0 Å². The lowest BCUT2D eigenvalue weighted by molar-refractivity contribution is 0.768. The van der Waals surface area contributed by atoms with E-state index in [9.17, 15) is 0 Å². The number of nitrogens with zero attached hydrogens (tertiary/aromatic N) is 1. The highest BCUT2D eigenvalue weighted by Crippen LogP contribution is 2.60. The molecule has 9 aromatic rings. The Morgan fingerprint density at radius 3 is 1.72 bits per heavy atom. The number of fused-ring (bicyclic) bond motifs is 4. The van der Waals surface area contributed by atoms with Crippen molar-refractivity contribution in [1.82, 2.24) is 0 Å². The molecule has 8 aromatic carbocycles. The van der Waals surface area contributed by atoms with Gasteiger partial charge in [0, 0.05) is 16.3 Å². The summed E-state index contributed by atoms with van der Waals surface area (Å²) in [4.78, 5) is 3.75. The fourth-order valence-corrected chi connectivity index (χ4v) is 10.9. The van der Waals surface area contributed by atoms with Gasteiger partial charge in [-0.2, -0.15) is 0 Å². The van der Waals surface area contributed by atoms with Crippen molar-refractivity contribution in [1.29, 1.82) is 0 Å². The van der Waals surface area contributed by atoms with Gasteiger partial charge in [-0.05, 0) is 128 Å². The van der Waals surface area contributed by atoms with Crippen molar-refractivity contribution in [2.75, 3.05) is 4.90 Å². The largest absolute Gasteiger partial charge is 0.302 e. The van der Waals surface area contributed by atoms with Gasteiger partial charge in [0.25, 0.3) is 0 Å². The number of benzene rings is 8. The molecule has 0 saturated heterocycles. The van der Waals surface area contributed by atoms with E-state index in [0.29, 0.717) is 0 Å². The zero-order valence-electron chi connectivity index (χ0n) is 32.2. The molecule has 0 saturated carbocycles. The average molecular weight is 760 g/mol. The van der Waals surface area contributed by atoms with Gasteiger partial charge in [0.05, 0.1) is 5.41 Å². The summed E-state index contributed by atoms with van der Waals surface area (Å²) in [6, 6.07) is 78.8. The van der Waals surface area contributed by atoms with E-state index in [0.717, 1.165) is 24.2 Å². The summed E-state index contributed by atoms with van der Waals surface area (Å²) >= 11 is 1.85. The van der Waals surface area contributed by atoms with Crippen molar-refractivity contribution in [2.24, 2.45) is 0 Å². The summed E-state index contributed by atoms with van der Waals surface area (Å²) in [5, 5.41) is 1.18. The molecule has 11 rings (SSSR count). The second kappa shape index (κ2) is 14.3. The predicted molar refractivity (Wildman–Crippen MR) is 245 cm³/mol. The lowest BCUT2D eigenvalue weighted by Crippen LogP contribution is -2.28. The van der Waals surface area contributed by atoms with E-state index in [1.54, 1.807) is 0 Å². The van der Waals surface area contributed by atoms with Crippen molar-refractivity contribution in [3.8, 4) is 43.8 Å². The Kier molecular flexibility index (Phi) is 8.52. The van der Waals surface area contributed by atoms with E-state index in [1.807, 2.05) is 11.3 Å². The standard InChI is InChI=1S/C56H41NS/c1-5-17-39(18-6-1)40-31-33-45(34-32-40)57(54-36-35-53(58-54)42-19-7-2-8-20-42)46-37-50(48-29-16-22-41-21-15-28-47(41)48)55-49-27-13-14-30-51(49)56(52(55)38-46,43-23-9-3-10-24-43)44-25-11-4-12-26-44/h1-14,16-20,22-27,29-38H,15,21,28H2. The molecule has 0 radical (unpaired) electrons. The first-order valence-corrected chi connectivity index (χ1v) is 21.2. The van der Waals surface area contributed by atoms with Gasteiger partial charge in [0.15, 0.2) is 0 Å². The summed E-state index contributed by atoms with van der Waals surface area (Å²) in [7, 11) is 0. The van der Waals surface area contributed by atoms with Crippen LogP contribution in [-0.4, -0.2) is 0 Å². The smallest absolute Gasteiger partial charge is 0.101 e. The van der Waals surface area contributed by atoms with Gasteiger partial charge in [-0.1, -0.05) is 176 Å². The van der Waals surface area contributed by atoms with Crippen molar-refractivity contribution >= 4 is 27.7 Å². The molecule has 0 amide bonds. The summed E-state index contributed by atoms with van der Waals surface area (Å²) < 4.78 is 0. The second-order valence-corrected chi connectivity index (χ2v) is 16.6. The SMILES string of the molecule is c1ccc(-c2ccc(N(c3cc(-c4cccc5c4CCC5)c4c(c3)C(c3ccccc3)(c3ccccc3)c3ccccc3-4)c3ccc(-c4ccccc4)s3)cc2)cc1.